The van der Waals surface area contributed by atoms with Crippen molar-refractivity contribution >= 4 is 0 Å². The summed E-state index contributed by atoms with van der Waals surface area (Å²) in [6.07, 6.45) is 14.2. The minimum atomic E-state index is 0.950. The molecular formula is C18H35N3. The molecule has 21 heavy (non-hydrogen) atoms. The molecule has 3 nitrogen and oxygen atoms in total. The van der Waals surface area contributed by atoms with E-state index < -0.39 is 0 Å². The van der Waals surface area contributed by atoms with Crippen molar-refractivity contribution < 1.29 is 0 Å². The van der Waals surface area contributed by atoms with Crippen LogP contribution in [0.2, 0.25) is 0 Å². The molecule has 0 radical (unpaired) electrons. The Morgan fingerprint density at radius 3 is 2.29 bits per heavy atom. The molecule has 1 rings (SSSR count). The lowest BCUT2D eigenvalue weighted by Crippen LogP contribution is -2.17. The molecule has 122 valence electrons. The van der Waals surface area contributed by atoms with Crippen LogP contribution in [0.4, 0.5) is 0 Å². The molecule has 0 aliphatic carbocycles. The van der Waals surface area contributed by atoms with Gasteiger partial charge in [0.2, 0.25) is 0 Å². The second kappa shape index (κ2) is 11.8. The van der Waals surface area contributed by atoms with Crippen LogP contribution in [0.1, 0.15) is 83.2 Å². The third-order valence-corrected chi connectivity index (χ3v) is 4.11. The van der Waals surface area contributed by atoms with Crippen LogP contribution in [-0.4, -0.2) is 16.1 Å². The molecule has 1 heterocycles. The van der Waals surface area contributed by atoms with Gasteiger partial charge in [0.05, 0.1) is 5.69 Å². The van der Waals surface area contributed by atoms with Gasteiger partial charge < -0.3 is 9.88 Å². The maximum atomic E-state index is 4.47. The normalized spacial score (nSPS) is 11.2. The number of aromatic nitrogens is 2. The second-order valence-corrected chi connectivity index (χ2v) is 6.10. The van der Waals surface area contributed by atoms with Crippen molar-refractivity contribution in [1.29, 1.82) is 0 Å². The van der Waals surface area contributed by atoms with Crippen LogP contribution < -0.4 is 5.32 Å². The van der Waals surface area contributed by atoms with Crippen molar-refractivity contribution in [2.24, 2.45) is 0 Å². The van der Waals surface area contributed by atoms with Gasteiger partial charge in [-0.2, -0.15) is 0 Å². The number of hydrogen-bond donors (Lipinski definition) is 1. The highest BCUT2D eigenvalue weighted by Crippen LogP contribution is 2.11. The molecule has 0 aromatic carbocycles. The lowest BCUT2D eigenvalue weighted by atomic mass is 10.1. The second-order valence-electron chi connectivity index (χ2n) is 6.10. The summed E-state index contributed by atoms with van der Waals surface area (Å²) in [5.74, 6) is 1.16. The van der Waals surface area contributed by atoms with E-state index in [0.29, 0.717) is 0 Å². The molecule has 1 aromatic rings. The lowest BCUT2D eigenvalue weighted by Gasteiger charge is -2.11. The third-order valence-electron chi connectivity index (χ3n) is 4.11. The standard InChI is InChI=1S/C18H35N3/c1-4-6-7-8-9-10-11-12-14-21-17(3)20-16-18(21)15-19-13-5-2/h16,19H,4-15H2,1-3H3. The van der Waals surface area contributed by atoms with Crippen LogP contribution >= 0.6 is 0 Å². The number of nitrogens with one attached hydrogen (secondary N) is 1. The zero-order chi connectivity index (χ0) is 15.3. The van der Waals surface area contributed by atoms with Gasteiger partial charge in [-0.1, -0.05) is 58.8 Å². The van der Waals surface area contributed by atoms with E-state index in [9.17, 15) is 0 Å². The summed E-state index contributed by atoms with van der Waals surface area (Å²) < 4.78 is 2.39. The number of hydrogen-bond acceptors (Lipinski definition) is 2. The zero-order valence-electron chi connectivity index (χ0n) is 14.5. The van der Waals surface area contributed by atoms with Crippen LogP contribution in [-0.2, 0) is 13.1 Å². The number of imidazole rings is 1. The van der Waals surface area contributed by atoms with Gasteiger partial charge in [0.25, 0.3) is 0 Å². The van der Waals surface area contributed by atoms with Crippen molar-refractivity contribution in [2.75, 3.05) is 6.54 Å². The van der Waals surface area contributed by atoms with E-state index in [1.54, 1.807) is 0 Å². The molecule has 0 saturated carbocycles. The summed E-state index contributed by atoms with van der Waals surface area (Å²) in [6.45, 7) is 9.77. The van der Waals surface area contributed by atoms with E-state index in [2.05, 4.69) is 35.6 Å². The van der Waals surface area contributed by atoms with Gasteiger partial charge >= 0.3 is 0 Å². The van der Waals surface area contributed by atoms with Gasteiger partial charge in [-0.25, -0.2) is 4.98 Å². The van der Waals surface area contributed by atoms with Crippen LogP contribution in [0, 0.1) is 6.92 Å². The Labute approximate surface area is 131 Å². The summed E-state index contributed by atoms with van der Waals surface area (Å²) in [5.41, 5.74) is 1.34. The summed E-state index contributed by atoms with van der Waals surface area (Å²) in [7, 11) is 0. The molecule has 1 aromatic heterocycles. The Morgan fingerprint density at radius 2 is 1.62 bits per heavy atom. The van der Waals surface area contributed by atoms with Gasteiger partial charge in [0.1, 0.15) is 5.82 Å². The molecule has 0 atom stereocenters. The third kappa shape index (κ3) is 7.66. The van der Waals surface area contributed by atoms with E-state index in [1.165, 1.54) is 63.5 Å². The molecule has 3 heteroatoms. The number of unbranched alkanes of at least 4 members (excludes halogenated alkanes) is 7. The number of rotatable bonds is 13. The Kier molecular flexibility index (Phi) is 10.2. The van der Waals surface area contributed by atoms with Crippen LogP contribution in [0.5, 0.6) is 0 Å². The van der Waals surface area contributed by atoms with E-state index in [4.69, 9.17) is 0 Å². The van der Waals surface area contributed by atoms with Crippen LogP contribution in [0.25, 0.3) is 0 Å². The van der Waals surface area contributed by atoms with Gasteiger partial charge in [-0.15, -0.1) is 0 Å². The summed E-state index contributed by atoms with van der Waals surface area (Å²) >= 11 is 0. The predicted octanol–water partition coefficient (Wildman–Crippen LogP) is 4.83. The minimum absolute atomic E-state index is 0.950. The van der Waals surface area contributed by atoms with E-state index >= 15 is 0 Å². The van der Waals surface area contributed by atoms with E-state index in [1.807, 2.05) is 6.20 Å². The average Bonchev–Trinajstić information content (AvgIpc) is 2.83. The van der Waals surface area contributed by atoms with Crippen LogP contribution in [0.15, 0.2) is 6.20 Å². The molecule has 0 amide bonds. The number of aryl methyl sites for hydroxylation is 1. The molecule has 1 N–H and O–H groups in total. The fraction of sp³-hybridized carbons (Fsp3) is 0.833. The predicted molar refractivity (Wildman–Crippen MR) is 91.6 cm³/mol. The first-order chi connectivity index (χ1) is 10.3. The van der Waals surface area contributed by atoms with Crippen LogP contribution in [0.3, 0.4) is 0 Å². The largest absolute Gasteiger partial charge is 0.331 e. The molecule has 0 spiro atoms. The first-order valence-electron chi connectivity index (χ1n) is 9.01. The average molecular weight is 293 g/mol. The Morgan fingerprint density at radius 1 is 0.952 bits per heavy atom. The lowest BCUT2D eigenvalue weighted by molar-refractivity contribution is 0.524. The number of nitrogens with zero attached hydrogens (tertiary/aromatic N) is 2. The molecule has 0 unspecified atom stereocenters. The SMILES string of the molecule is CCCCCCCCCCn1c(CNCCC)cnc1C. The molecule has 0 fully saturated rings. The van der Waals surface area contributed by atoms with Gasteiger partial charge in [-0.3, -0.25) is 0 Å². The van der Waals surface area contributed by atoms with Gasteiger partial charge in [-0.05, 0) is 26.3 Å². The summed E-state index contributed by atoms with van der Waals surface area (Å²) in [6, 6.07) is 0. The first kappa shape index (κ1) is 18.2. The zero-order valence-corrected chi connectivity index (χ0v) is 14.5. The van der Waals surface area contributed by atoms with Gasteiger partial charge in [0, 0.05) is 19.3 Å². The smallest absolute Gasteiger partial charge is 0.105 e. The van der Waals surface area contributed by atoms with Crippen molar-refractivity contribution in [3.63, 3.8) is 0 Å². The highest BCUT2D eigenvalue weighted by Gasteiger charge is 2.05. The monoisotopic (exact) mass is 293 g/mol. The van der Waals surface area contributed by atoms with Crippen molar-refractivity contribution in [3.05, 3.63) is 17.7 Å². The fourth-order valence-electron chi connectivity index (χ4n) is 2.76. The van der Waals surface area contributed by atoms with E-state index in [-0.39, 0.29) is 0 Å². The minimum Gasteiger partial charge on any atom is -0.331 e. The quantitative estimate of drug-likeness (QED) is 0.528. The maximum Gasteiger partial charge on any atom is 0.105 e. The van der Waals surface area contributed by atoms with Crippen molar-refractivity contribution in [2.45, 2.75) is 91.6 Å². The highest BCUT2D eigenvalue weighted by atomic mass is 15.1. The molecule has 0 aliphatic rings. The topological polar surface area (TPSA) is 29.9 Å². The molecule has 0 saturated heterocycles. The summed E-state index contributed by atoms with van der Waals surface area (Å²) in [4.78, 5) is 4.47. The van der Waals surface area contributed by atoms with Gasteiger partial charge in [0.15, 0.2) is 0 Å². The Balaban J connectivity index is 2.17. The summed E-state index contributed by atoms with van der Waals surface area (Å²) in [5, 5.41) is 3.47. The Hall–Kier alpha value is -0.830. The molecular weight excluding hydrogens is 258 g/mol. The van der Waals surface area contributed by atoms with Crippen molar-refractivity contribution in [1.82, 2.24) is 14.9 Å². The first-order valence-corrected chi connectivity index (χ1v) is 9.01. The molecule has 0 bridgehead atoms. The maximum absolute atomic E-state index is 4.47. The van der Waals surface area contributed by atoms with Crippen molar-refractivity contribution in [3.8, 4) is 0 Å². The Bertz CT molecular complexity index is 357. The fourth-order valence-corrected chi connectivity index (χ4v) is 2.76. The van der Waals surface area contributed by atoms with E-state index in [0.717, 1.165) is 25.5 Å². The highest BCUT2D eigenvalue weighted by molar-refractivity contribution is 5.04. The molecule has 0 aliphatic heterocycles.